The van der Waals surface area contributed by atoms with E-state index in [2.05, 4.69) is 19.2 Å². The first-order valence-electron chi connectivity index (χ1n) is 6.20. The summed E-state index contributed by atoms with van der Waals surface area (Å²) < 4.78 is 0. The van der Waals surface area contributed by atoms with Gasteiger partial charge in [0.2, 0.25) is 5.91 Å². The van der Waals surface area contributed by atoms with Gasteiger partial charge in [-0.05, 0) is 32.2 Å². The van der Waals surface area contributed by atoms with Crippen LogP contribution in [0.25, 0.3) is 0 Å². The molecule has 1 aliphatic rings. The summed E-state index contributed by atoms with van der Waals surface area (Å²) in [5, 5.41) is 3.31. The highest BCUT2D eigenvalue weighted by Crippen LogP contribution is 2.13. The van der Waals surface area contributed by atoms with E-state index in [9.17, 15) is 4.79 Å². The van der Waals surface area contributed by atoms with E-state index in [-0.39, 0.29) is 11.9 Å². The first kappa shape index (κ1) is 12.5. The molecule has 1 atom stereocenters. The number of hydrogen-bond donors (Lipinski definition) is 1. The third-order valence-electron chi connectivity index (χ3n) is 3.45. The molecule has 3 nitrogen and oxygen atoms in total. The molecular weight excluding hydrogens is 188 g/mol. The summed E-state index contributed by atoms with van der Waals surface area (Å²) in [5.74, 6) is 0.281. The summed E-state index contributed by atoms with van der Waals surface area (Å²) in [6.45, 7) is 5.28. The van der Waals surface area contributed by atoms with Crippen molar-refractivity contribution in [2.24, 2.45) is 0 Å². The minimum absolute atomic E-state index is 0.0735. The van der Waals surface area contributed by atoms with Gasteiger partial charge in [0, 0.05) is 13.1 Å². The maximum atomic E-state index is 12.1. The Morgan fingerprint density at radius 3 is 2.53 bits per heavy atom. The second kappa shape index (κ2) is 6.11. The van der Waals surface area contributed by atoms with Gasteiger partial charge in [-0.3, -0.25) is 4.79 Å². The highest BCUT2D eigenvalue weighted by Gasteiger charge is 2.26. The lowest BCUT2D eigenvalue weighted by Crippen LogP contribution is -2.50. The molecule has 1 aliphatic heterocycles. The van der Waals surface area contributed by atoms with Crippen LogP contribution in [0.2, 0.25) is 0 Å². The average molecular weight is 212 g/mol. The fourth-order valence-corrected chi connectivity index (χ4v) is 2.32. The van der Waals surface area contributed by atoms with Crippen LogP contribution < -0.4 is 5.32 Å². The molecule has 1 amide bonds. The van der Waals surface area contributed by atoms with Crippen molar-refractivity contribution in [3.05, 3.63) is 0 Å². The Balaban J connectivity index is 2.49. The molecule has 1 rings (SSSR count). The van der Waals surface area contributed by atoms with Gasteiger partial charge < -0.3 is 10.2 Å². The topological polar surface area (TPSA) is 32.3 Å². The van der Waals surface area contributed by atoms with Crippen molar-refractivity contribution < 1.29 is 4.79 Å². The van der Waals surface area contributed by atoms with Crippen molar-refractivity contribution >= 4 is 5.91 Å². The van der Waals surface area contributed by atoms with Crippen LogP contribution in [-0.2, 0) is 4.79 Å². The van der Waals surface area contributed by atoms with Crippen LogP contribution in [0.1, 0.15) is 46.0 Å². The fourth-order valence-electron chi connectivity index (χ4n) is 2.32. The van der Waals surface area contributed by atoms with Gasteiger partial charge in [-0.15, -0.1) is 0 Å². The molecule has 0 bridgehead atoms. The smallest absolute Gasteiger partial charge is 0.239 e. The van der Waals surface area contributed by atoms with Crippen LogP contribution in [0.3, 0.4) is 0 Å². The number of carbonyl (C=O) groups excluding carboxylic acids is 1. The maximum Gasteiger partial charge on any atom is 0.239 e. The molecule has 15 heavy (non-hydrogen) atoms. The second-order valence-corrected chi connectivity index (χ2v) is 4.42. The maximum absolute atomic E-state index is 12.1. The predicted octanol–water partition coefficient (Wildman–Crippen LogP) is 1.78. The monoisotopic (exact) mass is 212 g/mol. The molecule has 1 heterocycles. The number of hydrogen-bond acceptors (Lipinski definition) is 2. The van der Waals surface area contributed by atoms with E-state index in [1.807, 2.05) is 11.9 Å². The standard InChI is InChI=1S/C12H24N2O/c1-4-10(5-2)14(3)12(15)11-8-6-7-9-13-11/h10-11,13H,4-9H2,1-3H3/t11-/m0/s1. The zero-order chi connectivity index (χ0) is 11.3. The Labute approximate surface area is 93.2 Å². The molecule has 0 aliphatic carbocycles. The third kappa shape index (κ3) is 3.20. The first-order chi connectivity index (χ1) is 7.20. The van der Waals surface area contributed by atoms with Gasteiger partial charge in [-0.1, -0.05) is 20.3 Å². The van der Waals surface area contributed by atoms with Gasteiger partial charge in [0.15, 0.2) is 0 Å². The van der Waals surface area contributed by atoms with Gasteiger partial charge in [-0.25, -0.2) is 0 Å². The molecule has 0 aromatic heterocycles. The Bertz CT molecular complexity index is 196. The zero-order valence-electron chi connectivity index (χ0n) is 10.3. The molecule has 3 heteroatoms. The Morgan fingerprint density at radius 1 is 1.40 bits per heavy atom. The number of likely N-dealkylation sites (N-methyl/N-ethyl adjacent to an activating group) is 1. The van der Waals surface area contributed by atoms with E-state index in [4.69, 9.17) is 0 Å². The van der Waals surface area contributed by atoms with Crippen LogP contribution in [0.5, 0.6) is 0 Å². The number of amides is 1. The first-order valence-corrected chi connectivity index (χ1v) is 6.20. The van der Waals surface area contributed by atoms with Gasteiger partial charge in [0.25, 0.3) is 0 Å². The van der Waals surface area contributed by atoms with E-state index in [0.29, 0.717) is 6.04 Å². The zero-order valence-corrected chi connectivity index (χ0v) is 10.3. The summed E-state index contributed by atoms with van der Waals surface area (Å²) in [6.07, 6.45) is 5.49. The van der Waals surface area contributed by atoms with Gasteiger partial charge in [-0.2, -0.15) is 0 Å². The van der Waals surface area contributed by atoms with Crippen LogP contribution in [-0.4, -0.2) is 36.5 Å². The van der Waals surface area contributed by atoms with E-state index in [1.54, 1.807) is 0 Å². The van der Waals surface area contributed by atoms with Crippen LogP contribution >= 0.6 is 0 Å². The van der Waals surface area contributed by atoms with Crippen molar-refractivity contribution in [2.75, 3.05) is 13.6 Å². The van der Waals surface area contributed by atoms with Crippen LogP contribution in [0.15, 0.2) is 0 Å². The quantitative estimate of drug-likeness (QED) is 0.770. The van der Waals surface area contributed by atoms with E-state index >= 15 is 0 Å². The summed E-state index contributed by atoms with van der Waals surface area (Å²) >= 11 is 0. The second-order valence-electron chi connectivity index (χ2n) is 4.42. The molecule has 88 valence electrons. The molecule has 1 saturated heterocycles. The molecular formula is C12H24N2O. The Kier molecular flexibility index (Phi) is 5.09. The van der Waals surface area contributed by atoms with E-state index in [0.717, 1.165) is 25.8 Å². The number of rotatable bonds is 4. The Hall–Kier alpha value is -0.570. The van der Waals surface area contributed by atoms with Crippen molar-refractivity contribution in [1.82, 2.24) is 10.2 Å². The van der Waals surface area contributed by atoms with Crippen molar-refractivity contribution in [3.8, 4) is 0 Å². The summed E-state index contributed by atoms with van der Waals surface area (Å²) in [6, 6.07) is 0.477. The minimum Gasteiger partial charge on any atom is -0.341 e. The average Bonchev–Trinajstić information content (AvgIpc) is 2.30. The predicted molar refractivity (Wildman–Crippen MR) is 62.8 cm³/mol. The lowest BCUT2D eigenvalue weighted by atomic mass is 10.0. The normalized spacial score (nSPS) is 21.7. The molecule has 0 aromatic rings. The molecule has 1 fully saturated rings. The van der Waals surface area contributed by atoms with Crippen LogP contribution in [0, 0.1) is 0 Å². The number of carbonyl (C=O) groups is 1. The molecule has 0 aromatic carbocycles. The van der Waals surface area contributed by atoms with Crippen LogP contribution in [0.4, 0.5) is 0 Å². The van der Waals surface area contributed by atoms with Gasteiger partial charge in [0.05, 0.1) is 6.04 Å². The Morgan fingerprint density at radius 2 is 2.07 bits per heavy atom. The fraction of sp³-hybridized carbons (Fsp3) is 0.917. The summed E-state index contributed by atoms with van der Waals surface area (Å²) in [5.41, 5.74) is 0. The molecule has 0 saturated carbocycles. The number of piperidine rings is 1. The molecule has 0 radical (unpaired) electrons. The van der Waals surface area contributed by atoms with E-state index < -0.39 is 0 Å². The van der Waals surface area contributed by atoms with Gasteiger partial charge in [0.1, 0.15) is 0 Å². The molecule has 1 N–H and O–H groups in total. The minimum atomic E-state index is 0.0735. The third-order valence-corrected chi connectivity index (χ3v) is 3.45. The highest BCUT2D eigenvalue weighted by molar-refractivity contribution is 5.82. The largest absolute Gasteiger partial charge is 0.341 e. The number of nitrogens with one attached hydrogen (secondary N) is 1. The van der Waals surface area contributed by atoms with Crippen molar-refractivity contribution in [3.63, 3.8) is 0 Å². The highest BCUT2D eigenvalue weighted by atomic mass is 16.2. The summed E-state index contributed by atoms with van der Waals surface area (Å²) in [4.78, 5) is 14.1. The lowest BCUT2D eigenvalue weighted by Gasteiger charge is -2.32. The van der Waals surface area contributed by atoms with Gasteiger partial charge >= 0.3 is 0 Å². The van der Waals surface area contributed by atoms with Crippen molar-refractivity contribution in [2.45, 2.75) is 58.0 Å². The SMILES string of the molecule is CCC(CC)N(C)C(=O)[C@@H]1CCCCN1. The molecule has 0 spiro atoms. The van der Waals surface area contributed by atoms with Crippen molar-refractivity contribution in [1.29, 1.82) is 0 Å². The number of nitrogens with zero attached hydrogens (tertiary/aromatic N) is 1. The molecule has 0 unspecified atom stereocenters. The summed E-state index contributed by atoms with van der Waals surface area (Å²) in [7, 11) is 1.94. The lowest BCUT2D eigenvalue weighted by molar-refractivity contribution is -0.135. The van der Waals surface area contributed by atoms with E-state index in [1.165, 1.54) is 12.8 Å².